The van der Waals surface area contributed by atoms with Crippen LogP contribution in [0.15, 0.2) is 42.5 Å². The van der Waals surface area contributed by atoms with E-state index in [-0.39, 0.29) is 5.25 Å². The van der Waals surface area contributed by atoms with Gasteiger partial charge >= 0.3 is 0 Å². The van der Waals surface area contributed by atoms with Crippen molar-refractivity contribution in [3.05, 3.63) is 53.6 Å². The third-order valence-electron chi connectivity index (χ3n) is 3.39. The first kappa shape index (κ1) is 10.7. The quantitative estimate of drug-likeness (QED) is 0.744. The van der Waals surface area contributed by atoms with Crippen molar-refractivity contribution in [3.63, 3.8) is 0 Å². The monoisotopic (exact) mass is 241 g/mol. The van der Waals surface area contributed by atoms with Crippen LogP contribution in [0.2, 0.25) is 0 Å². The molecule has 17 heavy (non-hydrogen) atoms. The van der Waals surface area contributed by atoms with Gasteiger partial charge in [0.1, 0.15) is 0 Å². The smallest absolute Gasteiger partial charge is 0.0529 e. The Balaban J connectivity index is 2.20. The van der Waals surface area contributed by atoms with Gasteiger partial charge in [0.15, 0.2) is 0 Å². The molecule has 0 N–H and O–H groups in total. The third-order valence-corrected chi connectivity index (χ3v) is 3.95. The van der Waals surface area contributed by atoms with Gasteiger partial charge in [-0.05, 0) is 34.4 Å². The number of anilines is 1. The van der Waals surface area contributed by atoms with Gasteiger partial charge in [0, 0.05) is 19.8 Å². The lowest BCUT2D eigenvalue weighted by molar-refractivity contribution is 1.12. The standard InChI is InChI=1S/C15H15NS/c1-16(2)10-7-8-12-11-5-3-4-6-13(11)15(17)14(12)9-10/h3-9,15,17H,1-2H3. The van der Waals surface area contributed by atoms with Crippen LogP contribution >= 0.6 is 12.6 Å². The van der Waals surface area contributed by atoms with Crippen LogP contribution in [0, 0.1) is 0 Å². The molecule has 1 aliphatic carbocycles. The van der Waals surface area contributed by atoms with Crippen LogP contribution in [0.25, 0.3) is 11.1 Å². The minimum Gasteiger partial charge on any atom is -0.378 e. The Morgan fingerprint density at radius 2 is 1.65 bits per heavy atom. The molecule has 0 saturated carbocycles. The molecule has 0 fully saturated rings. The zero-order valence-corrected chi connectivity index (χ0v) is 10.9. The largest absolute Gasteiger partial charge is 0.378 e. The van der Waals surface area contributed by atoms with Crippen molar-refractivity contribution >= 4 is 18.3 Å². The van der Waals surface area contributed by atoms with E-state index in [4.69, 9.17) is 12.6 Å². The number of rotatable bonds is 1. The molecule has 1 nitrogen and oxygen atoms in total. The minimum atomic E-state index is 0.209. The van der Waals surface area contributed by atoms with E-state index in [1.54, 1.807) is 0 Å². The van der Waals surface area contributed by atoms with Crippen molar-refractivity contribution in [2.45, 2.75) is 5.25 Å². The highest BCUT2D eigenvalue weighted by Gasteiger charge is 2.25. The summed E-state index contributed by atoms with van der Waals surface area (Å²) in [5.74, 6) is 0. The van der Waals surface area contributed by atoms with Crippen LogP contribution in [0.3, 0.4) is 0 Å². The Hall–Kier alpha value is -1.41. The fourth-order valence-electron chi connectivity index (χ4n) is 2.45. The van der Waals surface area contributed by atoms with E-state index in [2.05, 4.69) is 61.5 Å². The second-order valence-corrected chi connectivity index (χ2v) is 5.17. The Bertz CT molecular complexity index is 575. The first-order chi connectivity index (χ1) is 8.18. The Morgan fingerprint density at radius 1 is 0.941 bits per heavy atom. The predicted molar refractivity (Wildman–Crippen MR) is 77.0 cm³/mol. The van der Waals surface area contributed by atoms with Gasteiger partial charge in [0.25, 0.3) is 0 Å². The van der Waals surface area contributed by atoms with E-state index in [0.29, 0.717) is 0 Å². The van der Waals surface area contributed by atoms with Gasteiger partial charge in [-0.15, -0.1) is 0 Å². The molecule has 0 amide bonds. The molecule has 0 aliphatic heterocycles. The number of benzene rings is 2. The highest BCUT2D eigenvalue weighted by molar-refractivity contribution is 7.80. The first-order valence-electron chi connectivity index (χ1n) is 5.77. The second-order valence-electron chi connectivity index (χ2n) is 4.66. The summed E-state index contributed by atoms with van der Waals surface area (Å²) < 4.78 is 0. The summed E-state index contributed by atoms with van der Waals surface area (Å²) in [6.45, 7) is 0. The highest BCUT2D eigenvalue weighted by Crippen LogP contribution is 2.47. The van der Waals surface area contributed by atoms with Crippen LogP contribution in [0.4, 0.5) is 5.69 Å². The van der Waals surface area contributed by atoms with E-state index in [1.807, 2.05) is 0 Å². The van der Waals surface area contributed by atoms with Crippen molar-refractivity contribution in [3.8, 4) is 11.1 Å². The van der Waals surface area contributed by atoms with Crippen LogP contribution in [0.5, 0.6) is 0 Å². The molecule has 2 aromatic rings. The molecule has 1 atom stereocenters. The van der Waals surface area contributed by atoms with E-state index >= 15 is 0 Å². The minimum absolute atomic E-state index is 0.209. The van der Waals surface area contributed by atoms with Crippen LogP contribution in [-0.2, 0) is 0 Å². The van der Waals surface area contributed by atoms with E-state index < -0.39 is 0 Å². The molecule has 0 aromatic heterocycles. The molecular formula is C15H15NS. The van der Waals surface area contributed by atoms with E-state index in [9.17, 15) is 0 Å². The number of thiol groups is 1. The van der Waals surface area contributed by atoms with Crippen molar-refractivity contribution < 1.29 is 0 Å². The van der Waals surface area contributed by atoms with Crippen LogP contribution in [-0.4, -0.2) is 14.1 Å². The maximum absolute atomic E-state index is 4.75. The molecule has 0 saturated heterocycles. The maximum Gasteiger partial charge on any atom is 0.0529 e. The van der Waals surface area contributed by atoms with Crippen molar-refractivity contribution in [2.75, 3.05) is 19.0 Å². The fourth-order valence-corrected chi connectivity index (χ4v) is 2.89. The van der Waals surface area contributed by atoms with E-state index in [1.165, 1.54) is 27.9 Å². The average molecular weight is 241 g/mol. The predicted octanol–water partition coefficient (Wildman–Crippen LogP) is 3.75. The van der Waals surface area contributed by atoms with Gasteiger partial charge < -0.3 is 4.90 Å². The Morgan fingerprint density at radius 3 is 2.41 bits per heavy atom. The van der Waals surface area contributed by atoms with Gasteiger partial charge in [0.2, 0.25) is 0 Å². The molecule has 86 valence electrons. The van der Waals surface area contributed by atoms with Gasteiger partial charge in [-0.1, -0.05) is 30.3 Å². The lowest BCUT2D eigenvalue weighted by Crippen LogP contribution is -2.08. The molecule has 3 rings (SSSR count). The summed E-state index contributed by atoms with van der Waals surface area (Å²) >= 11 is 4.75. The highest BCUT2D eigenvalue weighted by atomic mass is 32.1. The molecule has 1 unspecified atom stereocenters. The topological polar surface area (TPSA) is 3.24 Å². The molecule has 2 aromatic carbocycles. The summed E-state index contributed by atoms with van der Waals surface area (Å²) in [5, 5.41) is 0.209. The van der Waals surface area contributed by atoms with Crippen LogP contribution < -0.4 is 4.90 Å². The molecule has 0 spiro atoms. The zero-order valence-electron chi connectivity index (χ0n) is 10.0. The zero-order chi connectivity index (χ0) is 12.0. The molecule has 0 bridgehead atoms. The Labute approximate surface area is 107 Å². The lowest BCUT2D eigenvalue weighted by atomic mass is 10.1. The van der Waals surface area contributed by atoms with Crippen molar-refractivity contribution in [1.29, 1.82) is 0 Å². The van der Waals surface area contributed by atoms with Gasteiger partial charge in [-0.2, -0.15) is 12.6 Å². The summed E-state index contributed by atoms with van der Waals surface area (Å²) in [6, 6.07) is 15.1. The van der Waals surface area contributed by atoms with E-state index in [0.717, 1.165) is 0 Å². The molecule has 0 radical (unpaired) electrons. The lowest BCUT2D eigenvalue weighted by Gasteiger charge is -2.15. The summed E-state index contributed by atoms with van der Waals surface area (Å²) in [5.41, 5.74) is 6.53. The average Bonchev–Trinajstić information content (AvgIpc) is 2.64. The van der Waals surface area contributed by atoms with Gasteiger partial charge in [-0.25, -0.2) is 0 Å². The van der Waals surface area contributed by atoms with Gasteiger partial charge in [-0.3, -0.25) is 0 Å². The molecule has 2 heteroatoms. The number of nitrogens with zero attached hydrogens (tertiary/aromatic N) is 1. The fraction of sp³-hybridized carbons (Fsp3) is 0.200. The summed E-state index contributed by atoms with van der Waals surface area (Å²) in [6.07, 6.45) is 0. The molecule has 0 heterocycles. The maximum atomic E-state index is 4.75. The summed E-state index contributed by atoms with van der Waals surface area (Å²) in [4.78, 5) is 2.13. The van der Waals surface area contributed by atoms with Crippen molar-refractivity contribution in [1.82, 2.24) is 0 Å². The number of fused-ring (bicyclic) bond motifs is 3. The number of hydrogen-bond acceptors (Lipinski definition) is 2. The Kier molecular flexibility index (Phi) is 2.40. The number of hydrogen-bond donors (Lipinski definition) is 1. The normalized spacial score (nSPS) is 16.5. The van der Waals surface area contributed by atoms with Crippen molar-refractivity contribution in [2.24, 2.45) is 0 Å². The van der Waals surface area contributed by atoms with Gasteiger partial charge in [0.05, 0.1) is 5.25 Å². The first-order valence-corrected chi connectivity index (χ1v) is 6.29. The molecular weight excluding hydrogens is 226 g/mol. The SMILES string of the molecule is CN(C)c1ccc2c(c1)C(S)c1ccccc1-2. The van der Waals surface area contributed by atoms with Crippen LogP contribution in [0.1, 0.15) is 16.4 Å². The second kappa shape index (κ2) is 3.81. The molecule has 1 aliphatic rings. The third kappa shape index (κ3) is 1.55. The summed E-state index contributed by atoms with van der Waals surface area (Å²) in [7, 11) is 4.13.